The second-order valence-corrected chi connectivity index (χ2v) is 3.57. The summed E-state index contributed by atoms with van der Waals surface area (Å²) in [6, 6.07) is -1.41. The zero-order chi connectivity index (χ0) is 13.4. The molecule has 8 N–H and O–H groups in total. The van der Waals surface area contributed by atoms with Crippen molar-refractivity contribution in [3.63, 3.8) is 0 Å². The molecule has 96 valence electrons. The van der Waals surface area contributed by atoms with Crippen molar-refractivity contribution in [2.75, 3.05) is 13.2 Å². The van der Waals surface area contributed by atoms with E-state index in [9.17, 15) is 14.2 Å². The lowest BCUT2D eigenvalue weighted by atomic mass is 10.3. The first-order valence-corrected chi connectivity index (χ1v) is 5.23. The van der Waals surface area contributed by atoms with Crippen molar-refractivity contribution >= 4 is 19.8 Å². The molecule has 11 heteroatoms. The van der Waals surface area contributed by atoms with E-state index >= 15 is 0 Å². The highest BCUT2D eigenvalue weighted by Gasteiger charge is 2.19. The van der Waals surface area contributed by atoms with Gasteiger partial charge < -0.3 is 31.5 Å². The van der Waals surface area contributed by atoms with Gasteiger partial charge >= 0.3 is 19.8 Å². The molecule has 10 nitrogen and oxygen atoms in total. The Hall–Kier alpha value is -1.03. The Morgan fingerprint density at radius 2 is 1.69 bits per heavy atom. The number of aliphatic carboxylic acids is 2. The van der Waals surface area contributed by atoms with Gasteiger partial charge in [-0.3, -0.25) is 14.1 Å². The number of hydrogen-bond donors (Lipinski definition) is 6. The first-order valence-electron chi connectivity index (χ1n) is 3.70. The number of phosphoric ester groups is 1. The Morgan fingerprint density at radius 3 is 1.88 bits per heavy atom. The Kier molecular flexibility index (Phi) is 8.86. The van der Waals surface area contributed by atoms with Crippen LogP contribution in [0.15, 0.2) is 0 Å². The Bertz CT molecular complexity index is 276. The molecule has 0 bridgehead atoms. The number of nitrogens with two attached hydrogens (primary N) is 2. The lowest BCUT2D eigenvalue weighted by Gasteiger charge is -2.07. The van der Waals surface area contributed by atoms with Crippen LogP contribution in [0.25, 0.3) is 0 Å². The fourth-order valence-corrected chi connectivity index (χ4v) is 0.603. The highest BCUT2D eigenvalue weighted by molar-refractivity contribution is 7.46. The van der Waals surface area contributed by atoms with Gasteiger partial charge in [0.2, 0.25) is 0 Å². The normalized spacial score (nSPS) is 12.2. The summed E-state index contributed by atoms with van der Waals surface area (Å²) in [6.45, 7) is -0.986. The Morgan fingerprint density at radius 1 is 1.31 bits per heavy atom. The third-order valence-electron chi connectivity index (χ3n) is 0.914. The molecule has 0 aliphatic carbocycles. The van der Waals surface area contributed by atoms with Crippen LogP contribution in [0.3, 0.4) is 0 Å². The molecule has 1 atom stereocenters. The van der Waals surface area contributed by atoms with Crippen LogP contribution in [-0.4, -0.2) is 51.1 Å². The van der Waals surface area contributed by atoms with Crippen molar-refractivity contribution in [2.24, 2.45) is 11.5 Å². The van der Waals surface area contributed by atoms with Crippen molar-refractivity contribution in [1.29, 1.82) is 0 Å². The van der Waals surface area contributed by atoms with Gasteiger partial charge in [-0.1, -0.05) is 0 Å². The number of rotatable bonds is 5. The number of carboxylic acid groups (broad SMARTS) is 2. The Labute approximate surface area is 90.0 Å². The molecular weight excluding hydrogens is 247 g/mol. The molecule has 0 unspecified atom stereocenters. The minimum Gasteiger partial charge on any atom is -0.480 e. The summed E-state index contributed by atoms with van der Waals surface area (Å²) in [5, 5.41) is 15.7. The molecule has 0 aliphatic rings. The van der Waals surface area contributed by atoms with E-state index in [0.29, 0.717) is 0 Å². The molecule has 0 radical (unpaired) electrons. The number of hydrogen-bond acceptors (Lipinski definition) is 6. The molecule has 0 rings (SSSR count). The molecular formula is C5H13N2O8P. The third-order valence-corrected chi connectivity index (χ3v) is 1.40. The maximum atomic E-state index is 9.98. The molecule has 0 aromatic rings. The summed E-state index contributed by atoms with van der Waals surface area (Å²) < 4.78 is 13.8. The van der Waals surface area contributed by atoms with Crippen LogP contribution in [0.2, 0.25) is 0 Å². The molecule has 0 aliphatic heterocycles. The first-order chi connectivity index (χ1) is 7.10. The summed E-state index contributed by atoms with van der Waals surface area (Å²) in [7, 11) is -4.60. The van der Waals surface area contributed by atoms with Gasteiger partial charge in [-0.2, -0.15) is 0 Å². The van der Waals surface area contributed by atoms with E-state index in [1.165, 1.54) is 0 Å². The molecule has 0 aromatic carbocycles. The maximum absolute atomic E-state index is 9.98. The van der Waals surface area contributed by atoms with E-state index in [2.05, 4.69) is 10.3 Å². The van der Waals surface area contributed by atoms with Crippen LogP contribution in [0.5, 0.6) is 0 Å². The van der Waals surface area contributed by atoms with Gasteiger partial charge in [0.25, 0.3) is 0 Å². The van der Waals surface area contributed by atoms with Crippen LogP contribution in [0.4, 0.5) is 0 Å². The SMILES string of the molecule is NCC(=O)O.N[C@@H](COP(=O)(O)O)C(=O)O. The minimum absolute atomic E-state index is 0.278. The second kappa shape index (κ2) is 8.16. The molecule has 0 aromatic heterocycles. The van der Waals surface area contributed by atoms with Crippen LogP contribution in [0.1, 0.15) is 0 Å². The fraction of sp³-hybridized carbons (Fsp3) is 0.600. The standard InChI is InChI=1S/C3H8NO6P.C2H5NO2/c4-2(3(5)6)1-10-11(7,8)9;3-1-2(4)5/h2H,1,4H2,(H,5,6)(H2,7,8,9);1,3H2,(H,4,5)/t2-;/m0./s1. The summed E-state index contributed by atoms with van der Waals surface area (Å²) >= 11 is 0. The predicted octanol–water partition coefficient (Wildman–Crippen LogP) is -2.46. The number of carboxylic acids is 2. The molecule has 0 heterocycles. The number of carbonyl (C=O) groups is 2. The van der Waals surface area contributed by atoms with E-state index in [0.717, 1.165) is 0 Å². The van der Waals surface area contributed by atoms with Crippen LogP contribution in [0, 0.1) is 0 Å². The third kappa shape index (κ3) is 15.4. The van der Waals surface area contributed by atoms with E-state index in [1.807, 2.05) is 0 Å². The van der Waals surface area contributed by atoms with Crippen LogP contribution < -0.4 is 11.5 Å². The quantitative estimate of drug-likeness (QED) is 0.288. The zero-order valence-corrected chi connectivity index (χ0v) is 8.91. The fourth-order valence-electron chi connectivity index (χ4n) is 0.249. The highest BCUT2D eigenvalue weighted by atomic mass is 31.2. The van der Waals surface area contributed by atoms with E-state index in [-0.39, 0.29) is 6.54 Å². The summed E-state index contributed by atoms with van der Waals surface area (Å²) in [5.74, 6) is -2.34. The van der Waals surface area contributed by atoms with Crippen LogP contribution >= 0.6 is 7.82 Å². The van der Waals surface area contributed by atoms with E-state index < -0.39 is 32.4 Å². The van der Waals surface area contributed by atoms with Gasteiger partial charge in [-0.05, 0) is 0 Å². The van der Waals surface area contributed by atoms with Gasteiger partial charge in [-0.25, -0.2) is 4.57 Å². The Balaban J connectivity index is 0. The largest absolute Gasteiger partial charge is 0.480 e. The van der Waals surface area contributed by atoms with Crippen molar-refractivity contribution in [3.8, 4) is 0 Å². The molecule has 0 fully saturated rings. The van der Waals surface area contributed by atoms with Gasteiger partial charge in [0, 0.05) is 0 Å². The summed E-state index contributed by atoms with van der Waals surface area (Å²) in [5.41, 5.74) is 9.43. The molecule has 16 heavy (non-hydrogen) atoms. The molecule has 0 saturated carbocycles. The minimum atomic E-state index is -4.60. The average Bonchev–Trinajstić information content (AvgIpc) is 2.13. The van der Waals surface area contributed by atoms with Crippen molar-refractivity contribution in [2.45, 2.75) is 6.04 Å². The molecule has 0 amide bonds. The van der Waals surface area contributed by atoms with Gasteiger partial charge in [-0.15, -0.1) is 0 Å². The topological polar surface area (TPSA) is 193 Å². The first kappa shape index (κ1) is 17.4. The highest BCUT2D eigenvalue weighted by Crippen LogP contribution is 2.35. The summed E-state index contributed by atoms with van der Waals surface area (Å²) in [4.78, 5) is 35.4. The monoisotopic (exact) mass is 260 g/mol. The lowest BCUT2D eigenvalue weighted by Crippen LogP contribution is -2.34. The maximum Gasteiger partial charge on any atom is 0.469 e. The van der Waals surface area contributed by atoms with Gasteiger partial charge in [0.1, 0.15) is 6.04 Å². The lowest BCUT2D eigenvalue weighted by molar-refractivity contribution is -0.139. The summed E-state index contributed by atoms with van der Waals surface area (Å²) in [6.07, 6.45) is 0. The number of phosphoric acid groups is 1. The second-order valence-electron chi connectivity index (χ2n) is 2.33. The van der Waals surface area contributed by atoms with Crippen molar-refractivity contribution in [3.05, 3.63) is 0 Å². The van der Waals surface area contributed by atoms with Crippen molar-refractivity contribution in [1.82, 2.24) is 0 Å². The van der Waals surface area contributed by atoms with E-state index in [1.54, 1.807) is 0 Å². The van der Waals surface area contributed by atoms with Gasteiger partial charge in [0.05, 0.1) is 13.2 Å². The van der Waals surface area contributed by atoms with E-state index in [4.69, 9.17) is 25.7 Å². The smallest absolute Gasteiger partial charge is 0.469 e. The van der Waals surface area contributed by atoms with Crippen LogP contribution in [-0.2, 0) is 18.7 Å². The van der Waals surface area contributed by atoms with Gasteiger partial charge in [0.15, 0.2) is 0 Å². The molecule has 0 saturated heterocycles. The zero-order valence-electron chi connectivity index (χ0n) is 8.02. The predicted molar refractivity (Wildman–Crippen MR) is 50.3 cm³/mol. The average molecular weight is 260 g/mol. The molecule has 0 spiro atoms. The van der Waals surface area contributed by atoms with Crippen molar-refractivity contribution < 1.29 is 38.7 Å².